The Bertz CT molecular complexity index is 872. The Labute approximate surface area is 150 Å². The Morgan fingerprint density at radius 2 is 2.20 bits per heavy atom. The van der Waals surface area contributed by atoms with Gasteiger partial charge in [0.1, 0.15) is 11.6 Å². The molecule has 4 N–H and O–H groups in total. The van der Waals surface area contributed by atoms with Crippen molar-refractivity contribution in [2.45, 2.75) is 33.1 Å². The van der Waals surface area contributed by atoms with Crippen LogP contribution in [0.1, 0.15) is 45.8 Å². The van der Waals surface area contributed by atoms with Crippen LogP contribution in [0.4, 0.5) is 5.82 Å². The molecule has 0 saturated carbocycles. The molecule has 0 saturated heterocycles. The van der Waals surface area contributed by atoms with E-state index >= 15 is 0 Å². The van der Waals surface area contributed by atoms with E-state index in [1.807, 2.05) is 19.9 Å². The van der Waals surface area contributed by atoms with Gasteiger partial charge in [-0.3, -0.25) is 10.2 Å². The molecule has 1 amide bonds. The Morgan fingerprint density at radius 1 is 1.40 bits per heavy atom. The summed E-state index contributed by atoms with van der Waals surface area (Å²) in [7, 11) is 0. The van der Waals surface area contributed by atoms with Crippen LogP contribution < -0.4 is 16.5 Å². The van der Waals surface area contributed by atoms with Crippen LogP contribution in [0.2, 0.25) is 0 Å². The molecule has 2 aromatic rings. The number of nitrogens with one attached hydrogen (secondary N) is 2. The van der Waals surface area contributed by atoms with Crippen LogP contribution in [0.25, 0.3) is 0 Å². The van der Waals surface area contributed by atoms with Crippen molar-refractivity contribution in [2.75, 3.05) is 5.32 Å². The number of furan rings is 1. The summed E-state index contributed by atoms with van der Waals surface area (Å²) < 4.78 is 5.83. The molecule has 0 atom stereocenters. The van der Waals surface area contributed by atoms with Gasteiger partial charge in [0.25, 0.3) is 5.91 Å². The van der Waals surface area contributed by atoms with Crippen LogP contribution in [0.5, 0.6) is 0 Å². The lowest BCUT2D eigenvalue weighted by Gasteiger charge is -2.13. The van der Waals surface area contributed by atoms with E-state index in [9.17, 15) is 4.79 Å². The number of carbonyl (C=O) groups is 1. The van der Waals surface area contributed by atoms with E-state index in [0.29, 0.717) is 5.82 Å². The number of nitrogens with zero attached hydrogens (tertiary/aromatic N) is 2. The first-order valence-corrected chi connectivity index (χ1v) is 8.35. The fraction of sp³-hybridized carbons (Fsp3) is 0.294. The lowest BCUT2D eigenvalue weighted by Crippen LogP contribution is -2.26. The molecule has 3 rings (SSSR count). The third-order valence-corrected chi connectivity index (χ3v) is 4.08. The Kier molecular flexibility index (Phi) is 4.80. The van der Waals surface area contributed by atoms with Gasteiger partial charge < -0.3 is 15.5 Å². The quantitative estimate of drug-likeness (QED) is 0.575. The Hall–Kier alpha value is -2.74. The number of thiocarbonyl (C=S) groups is 1. The van der Waals surface area contributed by atoms with Crippen molar-refractivity contribution < 1.29 is 9.21 Å². The molecule has 0 radical (unpaired) electrons. The van der Waals surface area contributed by atoms with Gasteiger partial charge in [0.2, 0.25) is 0 Å². The molecule has 0 aliphatic heterocycles. The number of hydrogen-bond acceptors (Lipinski definition) is 5. The SMILES string of the molecule is Cc1ccnc(NC(=O)c2oc3c(c2C)/C(=N/NC(N)=S)CCC3)c1. The van der Waals surface area contributed by atoms with E-state index in [1.165, 1.54) is 0 Å². The monoisotopic (exact) mass is 357 g/mol. The van der Waals surface area contributed by atoms with Crippen molar-refractivity contribution in [2.24, 2.45) is 10.8 Å². The number of amides is 1. The van der Waals surface area contributed by atoms with Gasteiger partial charge in [0.05, 0.1) is 5.71 Å². The third-order valence-electron chi connectivity index (χ3n) is 3.99. The topological polar surface area (TPSA) is 106 Å². The van der Waals surface area contributed by atoms with Gasteiger partial charge >= 0.3 is 0 Å². The molecule has 0 spiro atoms. The number of hydrazone groups is 1. The molecule has 0 bridgehead atoms. The zero-order chi connectivity index (χ0) is 18.0. The summed E-state index contributed by atoms with van der Waals surface area (Å²) in [4.78, 5) is 16.7. The van der Waals surface area contributed by atoms with Crippen LogP contribution in [-0.2, 0) is 6.42 Å². The first-order chi connectivity index (χ1) is 12.0. The first kappa shape index (κ1) is 17.1. The standard InChI is InChI=1S/C17H19N5O2S/c1-9-6-7-19-13(8-9)20-16(23)15-10(2)14-11(21-22-17(18)25)4-3-5-12(14)24-15/h6-8H,3-5H2,1-2H3,(H3,18,22,25)(H,19,20,23)/b21-11+. The molecule has 25 heavy (non-hydrogen) atoms. The molecule has 8 heteroatoms. The Morgan fingerprint density at radius 3 is 2.92 bits per heavy atom. The van der Waals surface area contributed by atoms with E-state index in [4.69, 9.17) is 22.4 Å². The molecular weight excluding hydrogens is 338 g/mol. The number of carbonyl (C=O) groups excluding carboxylic acids is 1. The van der Waals surface area contributed by atoms with Crippen LogP contribution >= 0.6 is 12.2 Å². The summed E-state index contributed by atoms with van der Waals surface area (Å²) >= 11 is 4.79. The summed E-state index contributed by atoms with van der Waals surface area (Å²) in [5, 5.41) is 7.12. The number of anilines is 1. The molecule has 0 unspecified atom stereocenters. The van der Waals surface area contributed by atoms with Crippen LogP contribution in [-0.4, -0.2) is 21.7 Å². The maximum atomic E-state index is 12.6. The number of hydrogen-bond donors (Lipinski definition) is 3. The van der Waals surface area contributed by atoms with Gasteiger partial charge in [-0.15, -0.1) is 0 Å². The molecule has 1 aliphatic carbocycles. The van der Waals surface area contributed by atoms with Gasteiger partial charge in [-0.25, -0.2) is 4.98 Å². The molecular formula is C17H19N5O2S. The van der Waals surface area contributed by atoms with Gasteiger partial charge in [-0.05, 0) is 56.6 Å². The van der Waals surface area contributed by atoms with E-state index in [2.05, 4.69) is 20.8 Å². The average molecular weight is 357 g/mol. The maximum Gasteiger partial charge on any atom is 0.292 e. The van der Waals surface area contributed by atoms with Crippen molar-refractivity contribution in [3.05, 3.63) is 46.5 Å². The van der Waals surface area contributed by atoms with E-state index in [0.717, 1.165) is 47.4 Å². The van der Waals surface area contributed by atoms with Gasteiger partial charge in [0, 0.05) is 23.7 Å². The van der Waals surface area contributed by atoms with Crippen molar-refractivity contribution in [3.8, 4) is 0 Å². The van der Waals surface area contributed by atoms with Crippen LogP contribution in [0.15, 0.2) is 27.8 Å². The number of aromatic nitrogens is 1. The summed E-state index contributed by atoms with van der Waals surface area (Å²) in [5.41, 5.74) is 11.5. The van der Waals surface area contributed by atoms with E-state index < -0.39 is 0 Å². The fourth-order valence-electron chi connectivity index (χ4n) is 2.90. The number of aryl methyl sites for hydroxylation is 2. The molecule has 1 aliphatic rings. The zero-order valence-electron chi connectivity index (χ0n) is 14.0. The second-order valence-corrected chi connectivity index (χ2v) is 6.35. The highest BCUT2D eigenvalue weighted by Gasteiger charge is 2.28. The van der Waals surface area contributed by atoms with Crippen molar-refractivity contribution in [1.29, 1.82) is 0 Å². The largest absolute Gasteiger partial charge is 0.455 e. The van der Waals surface area contributed by atoms with Crippen molar-refractivity contribution in [3.63, 3.8) is 0 Å². The fourth-order valence-corrected chi connectivity index (χ4v) is 2.94. The normalized spacial score (nSPS) is 14.9. The van der Waals surface area contributed by atoms with Gasteiger partial charge in [-0.2, -0.15) is 5.10 Å². The molecule has 7 nitrogen and oxygen atoms in total. The minimum atomic E-state index is -0.327. The highest BCUT2D eigenvalue weighted by molar-refractivity contribution is 7.80. The van der Waals surface area contributed by atoms with Crippen molar-refractivity contribution in [1.82, 2.24) is 10.4 Å². The number of nitrogens with two attached hydrogens (primary N) is 1. The predicted octanol–water partition coefficient (Wildman–Crippen LogP) is 2.42. The number of fused-ring (bicyclic) bond motifs is 1. The first-order valence-electron chi connectivity index (χ1n) is 7.94. The highest BCUT2D eigenvalue weighted by Crippen LogP contribution is 2.30. The predicted molar refractivity (Wildman–Crippen MR) is 99.8 cm³/mol. The second kappa shape index (κ2) is 7.02. The van der Waals surface area contributed by atoms with Crippen LogP contribution in [0, 0.1) is 13.8 Å². The van der Waals surface area contributed by atoms with Gasteiger partial charge in [-0.1, -0.05) is 0 Å². The average Bonchev–Trinajstić information content (AvgIpc) is 2.91. The molecule has 2 aromatic heterocycles. The smallest absolute Gasteiger partial charge is 0.292 e. The summed E-state index contributed by atoms with van der Waals surface area (Å²) in [6, 6.07) is 3.67. The maximum absolute atomic E-state index is 12.6. The van der Waals surface area contributed by atoms with E-state index in [1.54, 1.807) is 12.3 Å². The lowest BCUT2D eigenvalue weighted by molar-refractivity contribution is 0.0993. The minimum Gasteiger partial charge on any atom is -0.455 e. The minimum absolute atomic E-state index is 0.101. The number of rotatable bonds is 3. The lowest BCUT2D eigenvalue weighted by atomic mass is 9.93. The van der Waals surface area contributed by atoms with E-state index in [-0.39, 0.29) is 16.8 Å². The molecule has 130 valence electrons. The van der Waals surface area contributed by atoms with Gasteiger partial charge in [0.15, 0.2) is 10.9 Å². The highest BCUT2D eigenvalue weighted by atomic mass is 32.1. The van der Waals surface area contributed by atoms with Crippen LogP contribution in [0.3, 0.4) is 0 Å². The molecule has 0 aromatic carbocycles. The second-order valence-electron chi connectivity index (χ2n) is 5.92. The molecule has 0 fully saturated rings. The summed E-state index contributed by atoms with van der Waals surface area (Å²) in [5.74, 6) is 1.20. The zero-order valence-corrected chi connectivity index (χ0v) is 14.9. The molecule has 2 heterocycles. The Balaban J connectivity index is 1.90. The summed E-state index contributed by atoms with van der Waals surface area (Å²) in [6.45, 7) is 3.79. The van der Waals surface area contributed by atoms with Crippen molar-refractivity contribution >= 4 is 34.8 Å². The number of pyridine rings is 1. The third kappa shape index (κ3) is 3.69. The summed E-state index contributed by atoms with van der Waals surface area (Å²) in [6.07, 6.45) is 4.07.